The fourth-order valence-electron chi connectivity index (χ4n) is 5.85. The molecule has 0 aromatic heterocycles. The largest absolute Gasteiger partial charge is 0.497 e. The summed E-state index contributed by atoms with van der Waals surface area (Å²) >= 11 is 0. The number of rotatable bonds is 6. The van der Waals surface area contributed by atoms with Crippen molar-refractivity contribution in [3.8, 4) is 5.75 Å². The number of benzene rings is 2. The monoisotopic (exact) mass is 376 g/mol. The molecule has 2 aromatic rings. The van der Waals surface area contributed by atoms with E-state index in [1.807, 2.05) is 0 Å². The highest BCUT2D eigenvalue weighted by Crippen LogP contribution is 2.44. The molecule has 150 valence electrons. The Balaban J connectivity index is 1.32. The van der Waals surface area contributed by atoms with Crippen LogP contribution in [0.2, 0.25) is 0 Å². The predicted molar refractivity (Wildman–Crippen MR) is 120 cm³/mol. The van der Waals surface area contributed by atoms with Crippen LogP contribution in [0.5, 0.6) is 5.75 Å². The summed E-state index contributed by atoms with van der Waals surface area (Å²) in [6.45, 7) is 3.88. The van der Waals surface area contributed by atoms with Gasteiger partial charge in [-0.1, -0.05) is 43.2 Å². The molecule has 0 heterocycles. The maximum absolute atomic E-state index is 5.36. The van der Waals surface area contributed by atoms with Gasteiger partial charge in [-0.2, -0.15) is 0 Å². The highest BCUT2D eigenvalue weighted by Gasteiger charge is 2.31. The number of fused-ring (bicyclic) bond motifs is 1. The molecule has 1 nitrogen and oxygen atoms in total. The molecule has 0 radical (unpaired) electrons. The average Bonchev–Trinajstić information content (AvgIpc) is 2.77. The van der Waals surface area contributed by atoms with Crippen LogP contribution in [-0.2, 0) is 0 Å². The van der Waals surface area contributed by atoms with Crippen LogP contribution in [0.25, 0.3) is 10.8 Å². The lowest BCUT2D eigenvalue weighted by Gasteiger charge is -2.38. The van der Waals surface area contributed by atoms with Crippen molar-refractivity contribution in [3.05, 3.63) is 54.6 Å². The summed E-state index contributed by atoms with van der Waals surface area (Å²) in [4.78, 5) is 0. The van der Waals surface area contributed by atoms with Crippen molar-refractivity contribution in [2.24, 2.45) is 17.8 Å². The van der Waals surface area contributed by atoms with Gasteiger partial charge in [-0.25, -0.2) is 0 Å². The first-order valence-corrected chi connectivity index (χ1v) is 11.5. The number of ether oxygens (including phenoxy) is 1. The van der Waals surface area contributed by atoms with E-state index in [0.29, 0.717) is 0 Å². The molecule has 0 amide bonds. The van der Waals surface area contributed by atoms with Crippen LogP contribution in [0, 0.1) is 17.8 Å². The van der Waals surface area contributed by atoms with Gasteiger partial charge in [-0.3, -0.25) is 0 Å². The second kappa shape index (κ2) is 9.16. The van der Waals surface area contributed by atoms with Gasteiger partial charge in [-0.15, -0.1) is 6.58 Å². The highest BCUT2D eigenvalue weighted by atomic mass is 16.5. The molecule has 2 aromatic carbocycles. The molecule has 0 unspecified atom stereocenters. The molecule has 1 heteroatoms. The molecule has 2 aliphatic rings. The lowest BCUT2D eigenvalue weighted by atomic mass is 9.68. The Morgan fingerprint density at radius 1 is 0.857 bits per heavy atom. The number of hydrogen-bond donors (Lipinski definition) is 0. The van der Waals surface area contributed by atoms with Gasteiger partial charge in [0.1, 0.15) is 5.75 Å². The van der Waals surface area contributed by atoms with E-state index in [1.54, 1.807) is 12.7 Å². The Morgan fingerprint density at radius 2 is 1.50 bits per heavy atom. The first-order valence-electron chi connectivity index (χ1n) is 11.5. The first kappa shape index (κ1) is 19.6. The summed E-state index contributed by atoms with van der Waals surface area (Å²) in [6.07, 6.45) is 16.2. The first-order chi connectivity index (χ1) is 13.8. The smallest absolute Gasteiger partial charge is 0.119 e. The lowest BCUT2D eigenvalue weighted by molar-refractivity contribution is 0.157. The van der Waals surface area contributed by atoms with Crippen LogP contribution < -0.4 is 4.74 Å². The van der Waals surface area contributed by atoms with Gasteiger partial charge >= 0.3 is 0 Å². The van der Waals surface area contributed by atoms with Crippen molar-refractivity contribution in [1.82, 2.24) is 0 Å². The summed E-state index contributed by atoms with van der Waals surface area (Å²) < 4.78 is 5.36. The van der Waals surface area contributed by atoms with Crippen molar-refractivity contribution >= 4 is 10.8 Å². The van der Waals surface area contributed by atoms with E-state index < -0.39 is 0 Å². The zero-order valence-electron chi connectivity index (χ0n) is 17.5. The van der Waals surface area contributed by atoms with Gasteiger partial charge in [0.05, 0.1) is 7.11 Å². The molecule has 2 fully saturated rings. The Bertz CT molecular complexity index is 776. The summed E-state index contributed by atoms with van der Waals surface area (Å²) in [7, 11) is 1.74. The predicted octanol–water partition coefficient (Wildman–Crippen LogP) is 7.89. The molecule has 0 N–H and O–H groups in total. The minimum absolute atomic E-state index is 0.756. The third kappa shape index (κ3) is 4.45. The summed E-state index contributed by atoms with van der Waals surface area (Å²) in [6, 6.07) is 13.5. The molecule has 28 heavy (non-hydrogen) atoms. The molecule has 0 atom stereocenters. The van der Waals surface area contributed by atoms with Gasteiger partial charge in [0, 0.05) is 0 Å². The van der Waals surface area contributed by atoms with Crippen molar-refractivity contribution in [1.29, 1.82) is 0 Å². The fourth-order valence-corrected chi connectivity index (χ4v) is 5.85. The topological polar surface area (TPSA) is 9.23 Å². The standard InChI is InChI=1S/C27H36O/c1-3-4-5-20-6-8-21(9-7-20)22-10-12-23(13-11-22)24-14-15-26-19-27(28-2)17-16-25(26)18-24/h3,14-23H,1,4-13H2,2H3. The van der Waals surface area contributed by atoms with Crippen LogP contribution in [-0.4, -0.2) is 7.11 Å². The van der Waals surface area contributed by atoms with Crippen LogP contribution >= 0.6 is 0 Å². The second-order valence-corrected chi connectivity index (χ2v) is 9.23. The SMILES string of the molecule is C=CCCC1CCC(C2CCC(c3ccc4cc(OC)ccc4c3)CC2)CC1. The molecule has 2 aliphatic carbocycles. The van der Waals surface area contributed by atoms with E-state index >= 15 is 0 Å². The maximum atomic E-state index is 5.36. The summed E-state index contributed by atoms with van der Waals surface area (Å²) in [5, 5.41) is 2.63. The van der Waals surface area contributed by atoms with E-state index in [4.69, 9.17) is 4.74 Å². The molecule has 0 spiro atoms. The van der Waals surface area contributed by atoms with Crippen LogP contribution in [0.15, 0.2) is 49.1 Å². The Hall–Kier alpha value is -1.76. The summed E-state index contributed by atoms with van der Waals surface area (Å²) in [5.41, 5.74) is 1.55. The lowest BCUT2D eigenvalue weighted by Crippen LogP contribution is -2.25. The van der Waals surface area contributed by atoms with Crippen LogP contribution in [0.4, 0.5) is 0 Å². The normalized spacial score (nSPS) is 28.2. The molecule has 0 saturated heterocycles. The van der Waals surface area contributed by atoms with Gasteiger partial charge in [0.25, 0.3) is 0 Å². The Morgan fingerprint density at radius 3 is 2.18 bits per heavy atom. The quantitative estimate of drug-likeness (QED) is 0.466. The van der Waals surface area contributed by atoms with Gasteiger partial charge in [0.15, 0.2) is 0 Å². The minimum Gasteiger partial charge on any atom is -0.497 e. The van der Waals surface area contributed by atoms with Crippen LogP contribution in [0.1, 0.15) is 75.7 Å². The Labute approximate surface area is 171 Å². The molecule has 0 aliphatic heterocycles. The zero-order valence-corrected chi connectivity index (χ0v) is 17.5. The number of methoxy groups -OCH3 is 1. The molecule has 0 bridgehead atoms. The minimum atomic E-state index is 0.756. The molecule has 2 saturated carbocycles. The van der Waals surface area contributed by atoms with E-state index in [2.05, 4.69) is 49.1 Å². The molecular weight excluding hydrogens is 340 g/mol. The number of hydrogen-bond acceptors (Lipinski definition) is 1. The molecular formula is C27H36O. The average molecular weight is 377 g/mol. The highest BCUT2D eigenvalue weighted by molar-refractivity contribution is 5.84. The third-order valence-corrected chi connectivity index (χ3v) is 7.65. The van der Waals surface area contributed by atoms with Gasteiger partial charge in [0.2, 0.25) is 0 Å². The van der Waals surface area contributed by atoms with Gasteiger partial charge < -0.3 is 4.74 Å². The van der Waals surface area contributed by atoms with Crippen LogP contribution in [0.3, 0.4) is 0 Å². The Kier molecular flexibility index (Phi) is 6.40. The van der Waals surface area contributed by atoms with Crippen molar-refractivity contribution < 1.29 is 4.74 Å². The number of allylic oxidation sites excluding steroid dienone is 1. The van der Waals surface area contributed by atoms with E-state index in [-0.39, 0.29) is 0 Å². The van der Waals surface area contributed by atoms with Crippen molar-refractivity contribution in [2.75, 3.05) is 7.11 Å². The maximum Gasteiger partial charge on any atom is 0.119 e. The fraction of sp³-hybridized carbons (Fsp3) is 0.556. The molecule has 4 rings (SSSR count). The second-order valence-electron chi connectivity index (χ2n) is 9.23. The van der Waals surface area contributed by atoms with Gasteiger partial charge in [-0.05, 0) is 104 Å². The van der Waals surface area contributed by atoms with E-state index in [0.717, 1.165) is 29.4 Å². The van der Waals surface area contributed by atoms with Crippen molar-refractivity contribution in [2.45, 2.75) is 70.1 Å². The third-order valence-electron chi connectivity index (χ3n) is 7.65. The van der Waals surface area contributed by atoms with E-state index in [1.165, 1.54) is 75.0 Å². The summed E-state index contributed by atoms with van der Waals surface area (Å²) in [5.74, 6) is 4.67. The van der Waals surface area contributed by atoms with E-state index in [9.17, 15) is 0 Å². The van der Waals surface area contributed by atoms with Crippen molar-refractivity contribution in [3.63, 3.8) is 0 Å². The zero-order chi connectivity index (χ0) is 19.3.